The molecule has 0 aliphatic heterocycles. The van der Waals surface area contributed by atoms with Crippen molar-refractivity contribution >= 4 is 28.3 Å². The lowest BCUT2D eigenvalue weighted by Gasteiger charge is -2.10. The van der Waals surface area contributed by atoms with Gasteiger partial charge in [0, 0.05) is 17.8 Å². The Morgan fingerprint density at radius 1 is 1.19 bits per heavy atom. The molecule has 0 saturated heterocycles. The molecule has 3 rings (SSSR count). The van der Waals surface area contributed by atoms with Crippen LogP contribution in [0.5, 0.6) is 11.5 Å². The second-order valence-corrected chi connectivity index (χ2v) is 6.13. The zero-order chi connectivity index (χ0) is 19.7. The number of aromatic nitrogens is 2. The SMILES string of the molecule is Cc1nn(C)c(C)c1NC(=O)COC(=O)c1cc(O)c2ccccc2c1O. The molecule has 1 heterocycles. The van der Waals surface area contributed by atoms with Crippen LogP contribution in [0.2, 0.25) is 0 Å². The van der Waals surface area contributed by atoms with Crippen molar-refractivity contribution in [3.63, 3.8) is 0 Å². The number of carbonyl (C=O) groups excluding carboxylic acids is 2. The number of phenols is 2. The fourth-order valence-corrected chi connectivity index (χ4v) is 2.84. The van der Waals surface area contributed by atoms with Gasteiger partial charge in [-0.15, -0.1) is 0 Å². The van der Waals surface area contributed by atoms with Gasteiger partial charge in [-0.25, -0.2) is 4.79 Å². The lowest BCUT2D eigenvalue weighted by atomic mass is 10.0. The third-order valence-electron chi connectivity index (χ3n) is 4.32. The fourth-order valence-electron chi connectivity index (χ4n) is 2.84. The van der Waals surface area contributed by atoms with Gasteiger partial charge in [0.2, 0.25) is 0 Å². The summed E-state index contributed by atoms with van der Waals surface area (Å²) in [4.78, 5) is 24.4. The molecular weight excluding hydrogens is 350 g/mol. The second-order valence-electron chi connectivity index (χ2n) is 6.13. The number of rotatable bonds is 4. The number of nitrogens with zero attached hydrogens (tertiary/aromatic N) is 2. The minimum atomic E-state index is -0.914. The van der Waals surface area contributed by atoms with Crippen LogP contribution in [-0.4, -0.2) is 38.5 Å². The van der Waals surface area contributed by atoms with Crippen LogP contribution >= 0.6 is 0 Å². The van der Waals surface area contributed by atoms with Crippen LogP contribution in [0, 0.1) is 13.8 Å². The van der Waals surface area contributed by atoms with Gasteiger partial charge in [0.25, 0.3) is 5.91 Å². The third kappa shape index (κ3) is 3.41. The molecule has 0 atom stereocenters. The third-order valence-corrected chi connectivity index (χ3v) is 4.32. The van der Waals surface area contributed by atoms with Crippen LogP contribution in [-0.2, 0) is 16.6 Å². The summed E-state index contributed by atoms with van der Waals surface area (Å²) in [6.45, 7) is 3.02. The van der Waals surface area contributed by atoms with Crippen molar-refractivity contribution in [1.29, 1.82) is 0 Å². The van der Waals surface area contributed by atoms with Gasteiger partial charge in [0.15, 0.2) is 6.61 Å². The lowest BCUT2D eigenvalue weighted by molar-refractivity contribution is -0.119. The summed E-state index contributed by atoms with van der Waals surface area (Å²) in [5.74, 6) is -1.93. The first-order chi connectivity index (χ1) is 12.8. The number of hydrogen-bond donors (Lipinski definition) is 3. The summed E-state index contributed by atoms with van der Waals surface area (Å²) < 4.78 is 6.62. The van der Waals surface area contributed by atoms with Crippen LogP contribution in [0.25, 0.3) is 10.8 Å². The first kappa shape index (κ1) is 18.2. The molecule has 140 valence electrons. The van der Waals surface area contributed by atoms with E-state index in [-0.39, 0.29) is 17.1 Å². The molecule has 27 heavy (non-hydrogen) atoms. The van der Waals surface area contributed by atoms with E-state index in [1.165, 1.54) is 0 Å². The van der Waals surface area contributed by atoms with Gasteiger partial charge >= 0.3 is 5.97 Å². The maximum atomic E-state index is 12.3. The number of aromatic hydroxyl groups is 2. The molecule has 1 aromatic heterocycles. The minimum absolute atomic E-state index is 0.165. The highest BCUT2D eigenvalue weighted by Gasteiger charge is 2.20. The maximum absolute atomic E-state index is 12.3. The lowest BCUT2D eigenvalue weighted by Crippen LogP contribution is -2.21. The van der Waals surface area contributed by atoms with Crippen molar-refractivity contribution < 1.29 is 24.5 Å². The highest BCUT2D eigenvalue weighted by Crippen LogP contribution is 2.35. The van der Waals surface area contributed by atoms with Gasteiger partial charge in [0.1, 0.15) is 17.1 Å². The normalized spacial score (nSPS) is 10.8. The molecule has 0 aliphatic rings. The maximum Gasteiger partial charge on any atom is 0.342 e. The number of benzene rings is 2. The van der Waals surface area contributed by atoms with Crippen molar-refractivity contribution in [2.75, 3.05) is 11.9 Å². The first-order valence-corrected chi connectivity index (χ1v) is 8.20. The molecular formula is C19H19N3O5. The van der Waals surface area contributed by atoms with Gasteiger partial charge in [-0.05, 0) is 19.9 Å². The molecule has 0 aliphatic carbocycles. The summed E-state index contributed by atoms with van der Waals surface area (Å²) >= 11 is 0. The Morgan fingerprint density at radius 3 is 2.48 bits per heavy atom. The zero-order valence-corrected chi connectivity index (χ0v) is 15.1. The molecule has 0 bridgehead atoms. The molecule has 8 nitrogen and oxygen atoms in total. The average molecular weight is 369 g/mol. The van der Waals surface area contributed by atoms with Crippen LogP contribution in [0.1, 0.15) is 21.7 Å². The minimum Gasteiger partial charge on any atom is -0.507 e. The van der Waals surface area contributed by atoms with Gasteiger partial charge in [0.05, 0.1) is 17.1 Å². The predicted octanol–water partition coefficient (Wildman–Crippen LogP) is 2.40. The summed E-state index contributed by atoms with van der Waals surface area (Å²) in [7, 11) is 1.76. The van der Waals surface area contributed by atoms with E-state index in [9.17, 15) is 19.8 Å². The van der Waals surface area contributed by atoms with E-state index in [4.69, 9.17) is 4.74 Å². The Labute approximate surface area is 155 Å². The first-order valence-electron chi connectivity index (χ1n) is 8.20. The average Bonchev–Trinajstić information content (AvgIpc) is 2.89. The van der Waals surface area contributed by atoms with E-state index in [1.807, 2.05) is 0 Å². The highest BCUT2D eigenvalue weighted by atomic mass is 16.5. The van der Waals surface area contributed by atoms with Crippen molar-refractivity contribution in [2.45, 2.75) is 13.8 Å². The molecule has 0 radical (unpaired) electrons. The molecule has 3 aromatic rings. The van der Waals surface area contributed by atoms with E-state index in [2.05, 4.69) is 10.4 Å². The van der Waals surface area contributed by atoms with E-state index in [1.54, 1.807) is 49.8 Å². The van der Waals surface area contributed by atoms with Crippen molar-refractivity contribution in [3.05, 3.63) is 47.3 Å². The van der Waals surface area contributed by atoms with Crippen LogP contribution in [0.15, 0.2) is 30.3 Å². The monoisotopic (exact) mass is 369 g/mol. The molecule has 2 aromatic carbocycles. The number of hydrogen-bond acceptors (Lipinski definition) is 6. The Balaban J connectivity index is 1.73. The number of ether oxygens (including phenoxy) is 1. The van der Waals surface area contributed by atoms with E-state index < -0.39 is 18.5 Å². The van der Waals surface area contributed by atoms with Gasteiger partial charge in [-0.3, -0.25) is 9.48 Å². The number of phenolic OH excluding ortho intramolecular Hbond substituents is 2. The molecule has 1 amide bonds. The number of fused-ring (bicyclic) bond motifs is 1. The molecule has 0 saturated carbocycles. The summed E-state index contributed by atoms with van der Waals surface area (Å²) in [5.41, 5.74) is 1.76. The standard InChI is InChI=1S/C19H19N3O5/c1-10-17(11(2)22(3)21-10)20-16(24)9-27-19(26)14-8-15(23)12-6-4-5-7-13(12)18(14)25/h4-8,23,25H,9H2,1-3H3,(H,20,24). The zero-order valence-electron chi connectivity index (χ0n) is 15.1. The van der Waals surface area contributed by atoms with Crippen LogP contribution in [0.4, 0.5) is 5.69 Å². The molecule has 0 fully saturated rings. The Bertz CT molecular complexity index is 1060. The largest absolute Gasteiger partial charge is 0.507 e. The topological polar surface area (TPSA) is 114 Å². The second kappa shape index (κ2) is 6.99. The van der Waals surface area contributed by atoms with Gasteiger partial charge in [-0.2, -0.15) is 5.10 Å². The fraction of sp³-hybridized carbons (Fsp3) is 0.211. The number of aryl methyl sites for hydroxylation is 2. The Kier molecular flexibility index (Phi) is 4.72. The smallest absolute Gasteiger partial charge is 0.342 e. The number of nitrogens with one attached hydrogen (secondary N) is 1. The van der Waals surface area contributed by atoms with Crippen LogP contribution < -0.4 is 5.32 Å². The molecule has 8 heteroatoms. The summed E-state index contributed by atoms with van der Waals surface area (Å²) in [6, 6.07) is 7.68. The van der Waals surface area contributed by atoms with E-state index >= 15 is 0 Å². The quantitative estimate of drug-likeness (QED) is 0.481. The summed E-state index contributed by atoms with van der Waals surface area (Å²) in [5, 5.41) is 27.9. The van der Waals surface area contributed by atoms with E-state index in [0.29, 0.717) is 22.2 Å². The highest BCUT2D eigenvalue weighted by molar-refractivity contribution is 6.04. The van der Waals surface area contributed by atoms with Crippen LogP contribution in [0.3, 0.4) is 0 Å². The van der Waals surface area contributed by atoms with Crippen molar-refractivity contribution in [3.8, 4) is 11.5 Å². The van der Waals surface area contributed by atoms with Gasteiger partial charge < -0.3 is 20.3 Å². The Morgan fingerprint density at radius 2 is 1.85 bits per heavy atom. The molecule has 3 N–H and O–H groups in total. The number of anilines is 1. The molecule has 0 unspecified atom stereocenters. The summed E-state index contributed by atoms with van der Waals surface area (Å²) in [6.07, 6.45) is 0. The predicted molar refractivity (Wildman–Crippen MR) is 98.9 cm³/mol. The molecule has 0 spiro atoms. The number of carbonyl (C=O) groups is 2. The van der Waals surface area contributed by atoms with Crippen molar-refractivity contribution in [1.82, 2.24) is 9.78 Å². The number of amides is 1. The van der Waals surface area contributed by atoms with Crippen molar-refractivity contribution in [2.24, 2.45) is 7.05 Å². The van der Waals surface area contributed by atoms with E-state index in [0.717, 1.165) is 11.8 Å². The Hall–Kier alpha value is -3.55. The number of esters is 1. The van der Waals surface area contributed by atoms with Gasteiger partial charge in [-0.1, -0.05) is 24.3 Å².